The number of primary sulfonamides is 1. The highest BCUT2D eigenvalue weighted by atomic mass is 35.5. The van der Waals surface area contributed by atoms with Gasteiger partial charge in [-0.2, -0.15) is 0 Å². The van der Waals surface area contributed by atoms with E-state index in [1.165, 1.54) is 24.3 Å². The molecule has 0 spiro atoms. The molecule has 7 heteroatoms. The van der Waals surface area contributed by atoms with Crippen LogP contribution in [0.15, 0.2) is 53.4 Å². The molecular weight excluding hydrogens is 314 g/mol. The monoisotopic (exact) mass is 325 g/mol. The Hall–Kier alpha value is -1.89. The minimum absolute atomic E-state index is 0.0438. The lowest BCUT2D eigenvalue weighted by atomic mass is 10.1. The summed E-state index contributed by atoms with van der Waals surface area (Å²) in [5.74, 6) is 0.250. The SMILES string of the molecule is NS(=O)(=O)c1ccc(C(=O)COc2ccc(Cl)cc2)cc1. The van der Waals surface area contributed by atoms with Gasteiger partial charge in [0.2, 0.25) is 10.0 Å². The predicted molar refractivity (Wildman–Crippen MR) is 79.1 cm³/mol. The number of sulfonamides is 1. The van der Waals surface area contributed by atoms with E-state index in [2.05, 4.69) is 0 Å². The number of carbonyl (C=O) groups is 1. The summed E-state index contributed by atoms with van der Waals surface area (Å²) in [5.41, 5.74) is 0.344. The fourth-order valence-electron chi connectivity index (χ4n) is 1.59. The third kappa shape index (κ3) is 4.29. The Morgan fingerprint density at radius 1 is 1.05 bits per heavy atom. The van der Waals surface area contributed by atoms with Gasteiger partial charge in [0.15, 0.2) is 12.4 Å². The van der Waals surface area contributed by atoms with Crippen molar-refractivity contribution in [3.8, 4) is 5.75 Å². The number of hydrogen-bond acceptors (Lipinski definition) is 4. The van der Waals surface area contributed by atoms with Crippen LogP contribution in [0.3, 0.4) is 0 Å². The maximum Gasteiger partial charge on any atom is 0.238 e. The standard InChI is InChI=1S/C14H12ClNO4S/c15-11-3-5-12(6-4-11)20-9-14(17)10-1-7-13(8-2-10)21(16,18)19/h1-8H,9H2,(H2,16,18,19). The Balaban J connectivity index is 2.02. The number of nitrogens with two attached hydrogens (primary N) is 1. The second kappa shape index (κ2) is 6.26. The molecule has 0 fully saturated rings. The first kappa shape index (κ1) is 15.5. The first-order valence-corrected chi connectivity index (χ1v) is 7.83. The van der Waals surface area contributed by atoms with E-state index < -0.39 is 10.0 Å². The zero-order chi connectivity index (χ0) is 15.5. The molecule has 2 aromatic carbocycles. The number of hydrogen-bond donors (Lipinski definition) is 1. The van der Waals surface area contributed by atoms with Crippen molar-refractivity contribution >= 4 is 27.4 Å². The van der Waals surface area contributed by atoms with Gasteiger partial charge in [-0.1, -0.05) is 11.6 Å². The molecule has 0 unspecified atom stereocenters. The van der Waals surface area contributed by atoms with Gasteiger partial charge in [-0.05, 0) is 48.5 Å². The largest absolute Gasteiger partial charge is 0.485 e. The minimum Gasteiger partial charge on any atom is -0.485 e. The second-order valence-electron chi connectivity index (χ2n) is 4.24. The minimum atomic E-state index is -3.76. The molecule has 2 aromatic rings. The van der Waals surface area contributed by atoms with Gasteiger partial charge in [0, 0.05) is 10.6 Å². The zero-order valence-electron chi connectivity index (χ0n) is 10.8. The summed E-state index contributed by atoms with van der Waals surface area (Å²) in [5, 5.41) is 5.56. The molecule has 0 aliphatic rings. The van der Waals surface area contributed by atoms with Crippen molar-refractivity contribution in [1.82, 2.24) is 0 Å². The van der Waals surface area contributed by atoms with Crippen LogP contribution in [-0.2, 0) is 10.0 Å². The van der Waals surface area contributed by atoms with E-state index in [0.29, 0.717) is 16.3 Å². The van der Waals surface area contributed by atoms with Crippen LogP contribution < -0.4 is 9.88 Å². The molecule has 0 aromatic heterocycles. The predicted octanol–water partition coefficient (Wildman–Crippen LogP) is 2.25. The highest BCUT2D eigenvalue weighted by Gasteiger charge is 2.11. The van der Waals surface area contributed by atoms with Crippen LogP contribution in [0.4, 0.5) is 0 Å². The lowest BCUT2D eigenvalue weighted by Gasteiger charge is -2.06. The molecule has 0 heterocycles. The molecule has 0 bridgehead atoms. The van der Waals surface area contributed by atoms with E-state index in [0.717, 1.165) is 0 Å². The van der Waals surface area contributed by atoms with E-state index >= 15 is 0 Å². The lowest BCUT2D eigenvalue weighted by molar-refractivity contribution is 0.0921. The van der Waals surface area contributed by atoms with Crippen LogP contribution in [0.1, 0.15) is 10.4 Å². The van der Waals surface area contributed by atoms with Gasteiger partial charge in [0.1, 0.15) is 5.75 Å². The lowest BCUT2D eigenvalue weighted by Crippen LogP contribution is -2.14. The summed E-state index contributed by atoms with van der Waals surface area (Å²) in [6, 6.07) is 12.0. The molecule has 0 saturated carbocycles. The summed E-state index contributed by atoms with van der Waals surface area (Å²) in [4.78, 5) is 11.9. The van der Waals surface area contributed by atoms with Gasteiger partial charge < -0.3 is 4.74 Å². The van der Waals surface area contributed by atoms with Crippen LogP contribution in [0.5, 0.6) is 5.75 Å². The third-order valence-corrected chi connectivity index (χ3v) is 3.87. The molecule has 0 radical (unpaired) electrons. The summed E-state index contributed by atoms with van der Waals surface area (Å²) in [6.07, 6.45) is 0. The first-order chi connectivity index (χ1) is 9.86. The Labute approximate surface area is 127 Å². The molecule has 2 rings (SSSR count). The molecule has 0 atom stereocenters. The first-order valence-electron chi connectivity index (χ1n) is 5.91. The van der Waals surface area contributed by atoms with Gasteiger partial charge in [-0.3, -0.25) is 4.79 Å². The van der Waals surface area contributed by atoms with Gasteiger partial charge in [0.05, 0.1) is 4.90 Å². The van der Waals surface area contributed by atoms with Crippen molar-refractivity contribution in [2.45, 2.75) is 4.90 Å². The zero-order valence-corrected chi connectivity index (χ0v) is 12.4. The average molecular weight is 326 g/mol. The van der Waals surface area contributed by atoms with E-state index in [1.807, 2.05) is 0 Å². The maximum absolute atomic E-state index is 11.9. The van der Waals surface area contributed by atoms with E-state index in [1.54, 1.807) is 24.3 Å². The molecule has 0 amide bonds. The van der Waals surface area contributed by atoms with Crippen LogP contribution in [0, 0.1) is 0 Å². The molecule has 0 aliphatic heterocycles. The molecule has 110 valence electrons. The quantitative estimate of drug-likeness (QED) is 0.854. The van der Waals surface area contributed by atoms with Crippen molar-refractivity contribution in [1.29, 1.82) is 0 Å². The van der Waals surface area contributed by atoms with Gasteiger partial charge in [-0.15, -0.1) is 0 Å². The molecule has 5 nitrogen and oxygen atoms in total. The summed E-state index contributed by atoms with van der Waals surface area (Å²) >= 11 is 5.74. The van der Waals surface area contributed by atoms with E-state index in [4.69, 9.17) is 21.5 Å². The normalized spacial score (nSPS) is 11.1. The molecule has 0 saturated heterocycles. The van der Waals surface area contributed by atoms with E-state index in [-0.39, 0.29) is 17.3 Å². The molecule has 21 heavy (non-hydrogen) atoms. The number of ketones is 1. The van der Waals surface area contributed by atoms with Crippen LogP contribution in [-0.4, -0.2) is 20.8 Å². The van der Waals surface area contributed by atoms with Crippen molar-refractivity contribution in [3.05, 3.63) is 59.1 Å². The van der Waals surface area contributed by atoms with Crippen molar-refractivity contribution in [3.63, 3.8) is 0 Å². The Morgan fingerprint density at radius 3 is 2.14 bits per heavy atom. The third-order valence-electron chi connectivity index (χ3n) is 2.69. The number of halogens is 1. The second-order valence-corrected chi connectivity index (χ2v) is 6.23. The van der Waals surface area contributed by atoms with Crippen molar-refractivity contribution in [2.75, 3.05) is 6.61 Å². The van der Waals surface area contributed by atoms with Crippen molar-refractivity contribution < 1.29 is 17.9 Å². The highest BCUT2D eigenvalue weighted by molar-refractivity contribution is 7.89. The van der Waals surface area contributed by atoms with Gasteiger partial charge in [-0.25, -0.2) is 13.6 Å². The fourth-order valence-corrected chi connectivity index (χ4v) is 2.23. The van der Waals surface area contributed by atoms with Crippen molar-refractivity contribution in [2.24, 2.45) is 5.14 Å². The van der Waals surface area contributed by atoms with Crippen LogP contribution >= 0.6 is 11.6 Å². The van der Waals surface area contributed by atoms with Gasteiger partial charge in [0.25, 0.3) is 0 Å². The number of carbonyl (C=O) groups excluding carboxylic acids is 1. The molecule has 2 N–H and O–H groups in total. The number of rotatable bonds is 5. The summed E-state index contributed by atoms with van der Waals surface area (Å²) in [6.45, 7) is -0.156. The number of Topliss-reactive ketones (excluding diaryl/α,β-unsaturated/α-hetero) is 1. The van der Waals surface area contributed by atoms with Crippen LogP contribution in [0.2, 0.25) is 5.02 Å². The van der Waals surface area contributed by atoms with Gasteiger partial charge >= 0.3 is 0 Å². The molecule has 0 aliphatic carbocycles. The summed E-state index contributed by atoms with van der Waals surface area (Å²) < 4.78 is 27.5. The topological polar surface area (TPSA) is 86.5 Å². The smallest absolute Gasteiger partial charge is 0.238 e. The fraction of sp³-hybridized carbons (Fsp3) is 0.0714. The van der Waals surface area contributed by atoms with E-state index in [9.17, 15) is 13.2 Å². The molecular formula is C14H12ClNO4S. The summed E-state index contributed by atoms with van der Waals surface area (Å²) in [7, 11) is -3.76. The Kier molecular flexibility index (Phi) is 4.62. The average Bonchev–Trinajstić information content (AvgIpc) is 2.45. The Bertz CT molecular complexity index is 740. The Morgan fingerprint density at radius 2 is 1.62 bits per heavy atom. The van der Waals surface area contributed by atoms with Crippen LogP contribution in [0.25, 0.3) is 0 Å². The highest BCUT2D eigenvalue weighted by Crippen LogP contribution is 2.16. The number of ether oxygens (including phenoxy) is 1. The maximum atomic E-state index is 11.9. The number of benzene rings is 2.